The largest absolute Gasteiger partial charge is 0.461 e. The Morgan fingerprint density at radius 2 is 1.89 bits per heavy atom. The van der Waals surface area contributed by atoms with Crippen LogP contribution in [0.3, 0.4) is 0 Å². The van der Waals surface area contributed by atoms with Gasteiger partial charge >= 0.3 is 11.9 Å². The number of carbonyl (C=O) groups excluding carboxylic acids is 3. The molecule has 0 aromatic carbocycles. The van der Waals surface area contributed by atoms with Gasteiger partial charge < -0.3 is 14.8 Å². The number of hydrogen-bond acceptors (Lipinski definition) is 5. The standard InChI is InChI=1S/C13H21NO5/c1-6-7-18-11(16)8-10(14-9(2)15)12(17)19-13(3,4)5/h6,10H,1,7-8H2,2-5H3,(H,14,15)/t10-/m0/s1. The first-order valence-corrected chi connectivity index (χ1v) is 5.92. The third kappa shape index (κ3) is 8.82. The molecule has 1 amide bonds. The summed E-state index contributed by atoms with van der Waals surface area (Å²) in [5.74, 6) is -1.70. The van der Waals surface area contributed by atoms with Crippen LogP contribution in [0.4, 0.5) is 0 Å². The predicted octanol–water partition coefficient (Wildman–Crippen LogP) is 0.952. The summed E-state index contributed by atoms with van der Waals surface area (Å²) in [6.45, 7) is 9.82. The maximum absolute atomic E-state index is 11.8. The summed E-state index contributed by atoms with van der Waals surface area (Å²) >= 11 is 0. The molecule has 1 N–H and O–H groups in total. The zero-order valence-electron chi connectivity index (χ0n) is 11.8. The Labute approximate surface area is 113 Å². The van der Waals surface area contributed by atoms with Gasteiger partial charge in [-0.3, -0.25) is 9.59 Å². The summed E-state index contributed by atoms with van der Waals surface area (Å²) in [6, 6.07) is -1.05. The molecule has 19 heavy (non-hydrogen) atoms. The zero-order valence-corrected chi connectivity index (χ0v) is 11.8. The van der Waals surface area contributed by atoms with Crippen LogP contribution < -0.4 is 5.32 Å². The summed E-state index contributed by atoms with van der Waals surface area (Å²) < 4.78 is 9.89. The van der Waals surface area contributed by atoms with Crippen LogP contribution in [0.5, 0.6) is 0 Å². The third-order valence-corrected chi connectivity index (χ3v) is 1.80. The molecular formula is C13H21NO5. The van der Waals surface area contributed by atoms with Crippen LogP contribution in [0.2, 0.25) is 0 Å². The Kier molecular flexibility index (Phi) is 6.82. The van der Waals surface area contributed by atoms with Gasteiger partial charge in [0.1, 0.15) is 18.2 Å². The highest BCUT2D eigenvalue weighted by molar-refractivity contribution is 5.87. The van der Waals surface area contributed by atoms with Crippen LogP contribution >= 0.6 is 0 Å². The van der Waals surface area contributed by atoms with E-state index >= 15 is 0 Å². The van der Waals surface area contributed by atoms with E-state index in [0.717, 1.165) is 0 Å². The van der Waals surface area contributed by atoms with Gasteiger partial charge in [-0.15, -0.1) is 0 Å². The molecule has 0 saturated carbocycles. The molecule has 0 fully saturated rings. The average molecular weight is 271 g/mol. The number of esters is 2. The van der Waals surface area contributed by atoms with E-state index in [0.29, 0.717) is 0 Å². The lowest BCUT2D eigenvalue weighted by atomic mass is 10.1. The Morgan fingerprint density at radius 3 is 2.32 bits per heavy atom. The first-order valence-electron chi connectivity index (χ1n) is 5.92. The molecule has 0 heterocycles. The van der Waals surface area contributed by atoms with Crippen molar-refractivity contribution in [2.45, 2.75) is 45.8 Å². The number of nitrogens with one attached hydrogen (secondary N) is 1. The van der Waals surface area contributed by atoms with Gasteiger partial charge in [0, 0.05) is 6.92 Å². The molecule has 0 bridgehead atoms. The number of ether oxygens (including phenoxy) is 2. The molecule has 108 valence electrons. The maximum atomic E-state index is 11.8. The fourth-order valence-corrected chi connectivity index (χ4v) is 1.19. The number of hydrogen-bond donors (Lipinski definition) is 1. The van der Waals surface area contributed by atoms with Crippen LogP contribution in [0.1, 0.15) is 34.1 Å². The second kappa shape index (κ2) is 7.56. The molecule has 0 spiro atoms. The van der Waals surface area contributed by atoms with Crippen LogP contribution in [0.15, 0.2) is 12.7 Å². The van der Waals surface area contributed by atoms with E-state index < -0.39 is 29.5 Å². The van der Waals surface area contributed by atoms with Crippen LogP contribution in [0, 0.1) is 0 Å². The molecule has 6 heteroatoms. The van der Waals surface area contributed by atoms with Crippen molar-refractivity contribution in [3.05, 3.63) is 12.7 Å². The Hall–Kier alpha value is -1.85. The molecule has 0 saturated heterocycles. The number of rotatable bonds is 6. The Morgan fingerprint density at radius 1 is 1.32 bits per heavy atom. The van der Waals surface area contributed by atoms with Gasteiger partial charge in [0.05, 0.1) is 6.42 Å². The van der Waals surface area contributed by atoms with E-state index in [1.165, 1.54) is 13.0 Å². The van der Waals surface area contributed by atoms with Crippen molar-refractivity contribution in [3.8, 4) is 0 Å². The van der Waals surface area contributed by atoms with Crippen molar-refractivity contribution >= 4 is 17.8 Å². The average Bonchev–Trinajstić information content (AvgIpc) is 2.22. The summed E-state index contributed by atoms with van der Waals surface area (Å²) in [5.41, 5.74) is -0.696. The smallest absolute Gasteiger partial charge is 0.329 e. The molecule has 1 atom stereocenters. The van der Waals surface area contributed by atoms with Crippen molar-refractivity contribution in [2.75, 3.05) is 6.61 Å². The lowest BCUT2D eigenvalue weighted by molar-refractivity contribution is -0.161. The minimum absolute atomic E-state index is 0.0555. The van der Waals surface area contributed by atoms with Gasteiger partial charge in [-0.1, -0.05) is 12.7 Å². The predicted molar refractivity (Wildman–Crippen MR) is 69.2 cm³/mol. The topological polar surface area (TPSA) is 81.7 Å². The number of amides is 1. The van der Waals surface area contributed by atoms with Crippen molar-refractivity contribution < 1.29 is 23.9 Å². The highest BCUT2D eigenvalue weighted by Crippen LogP contribution is 2.10. The Balaban J connectivity index is 4.62. The third-order valence-electron chi connectivity index (χ3n) is 1.80. The quantitative estimate of drug-likeness (QED) is 0.574. The molecule has 0 aliphatic rings. The fourth-order valence-electron chi connectivity index (χ4n) is 1.19. The highest BCUT2D eigenvalue weighted by atomic mass is 16.6. The molecule has 0 aliphatic heterocycles. The van der Waals surface area contributed by atoms with E-state index in [9.17, 15) is 14.4 Å². The number of carbonyl (C=O) groups is 3. The minimum Gasteiger partial charge on any atom is -0.461 e. The maximum Gasteiger partial charge on any atom is 0.329 e. The molecule has 6 nitrogen and oxygen atoms in total. The first kappa shape index (κ1) is 17.2. The van der Waals surface area contributed by atoms with Crippen molar-refractivity contribution in [1.82, 2.24) is 5.32 Å². The molecule has 0 unspecified atom stereocenters. The highest BCUT2D eigenvalue weighted by Gasteiger charge is 2.28. The van der Waals surface area contributed by atoms with Gasteiger partial charge in [0.2, 0.25) is 5.91 Å². The van der Waals surface area contributed by atoms with E-state index in [1.807, 2.05) is 0 Å². The fraction of sp³-hybridized carbons (Fsp3) is 0.615. The monoisotopic (exact) mass is 271 g/mol. The van der Waals surface area contributed by atoms with Crippen LogP contribution in [-0.2, 0) is 23.9 Å². The van der Waals surface area contributed by atoms with Gasteiger partial charge in [-0.05, 0) is 20.8 Å². The van der Waals surface area contributed by atoms with Gasteiger partial charge in [-0.2, -0.15) is 0 Å². The lowest BCUT2D eigenvalue weighted by Gasteiger charge is -2.23. The second-order valence-corrected chi connectivity index (χ2v) is 4.96. The molecule has 0 rings (SSSR count). The summed E-state index contributed by atoms with van der Waals surface area (Å²) in [5, 5.41) is 2.37. The minimum atomic E-state index is -1.05. The Bertz CT molecular complexity index is 357. The van der Waals surface area contributed by atoms with Crippen LogP contribution in [-0.4, -0.2) is 36.1 Å². The van der Waals surface area contributed by atoms with Gasteiger partial charge in [-0.25, -0.2) is 4.79 Å². The summed E-state index contributed by atoms with van der Waals surface area (Å²) in [4.78, 5) is 34.3. The molecule has 0 aliphatic carbocycles. The first-order chi connectivity index (χ1) is 8.65. The van der Waals surface area contributed by atoms with E-state index in [1.54, 1.807) is 20.8 Å². The van der Waals surface area contributed by atoms with E-state index in [4.69, 9.17) is 9.47 Å². The summed E-state index contributed by atoms with van der Waals surface area (Å²) in [7, 11) is 0. The molecule has 0 aromatic heterocycles. The van der Waals surface area contributed by atoms with E-state index in [2.05, 4.69) is 11.9 Å². The van der Waals surface area contributed by atoms with Crippen LogP contribution in [0.25, 0.3) is 0 Å². The molecule has 0 radical (unpaired) electrons. The van der Waals surface area contributed by atoms with Gasteiger partial charge in [0.15, 0.2) is 0 Å². The van der Waals surface area contributed by atoms with Gasteiger partial charge in [0.25, 0.3) is 0 Å². The zero-order chi connectivity index (χ0) is 15.1. The van der Waals surface area contributed by atoms with Crippen molar-refractivity contribution in [3.63, 3.8) is 0 Å². The SMILES string of the molecule is C=CCOC(=O)C[C@H](NC(C)=O)C(=O)OC(C)(C)C. The van der Waals surface area contributed by atoms with Crippen molar-refractivity contribution in [2.24, 2.45) is 0 Å². The van der Waals surface area contributed by atoms with Crippen molar-refractivity contribution in [1.29, 1.82) is 0 Å². The second-order valence-electron chi connectivity index (χ2n) is 4.96. The lowest BCUT2D eigenvalue weighted by Crippen LogP contribution is -2.44. The molecular weight excluding hydrogens is 250 g/mol. The normalized spacial score (nSPS) is 12.2. The van der Waals surface area contributed by atoms with E-state index in [-0.39, 0.29) is 13.0 Å². The molecule has 0 aromatic rings. The summed E-state index contributed by atoms with van der Waals surface area (Å²) in [6.07, 6.45) is 1.14.